The van der Waals surface area contributed by atoms with Crippen molar-refractivity contribution in [3.05, 3.63) is 94.0 Å². The molecule has 0 unspecified atom stereocenters. The zero-order valence-electron chi connectivity index (χ0n) is 20.2. The van der Waals surface area contributed by atoms with Crippen molar-refractivity contribution in [2.45, 2.75) is 32.2 Å². The average molecular weight is 554 g/mol. The molecule has 0 bridgehead atoms. The fraction of sp³-hybridized carbons (Fsp3) is 0.296. The highest BCUT2D eigenvalue weighted by Gasteiger charge is 2.30. The normalized spacial score (nSPS) is 13.5. The van der Waals surface area contributed by atoms with E-state index in [1.807, 2.05) is 60.5 Å². The van der Waals surface area contributed by atoms with E-state index in [0.29, 0.717) is 31.9 Å². The molecule has 198 valence electrons. The summed E-state index contributed by atoms with van der Waals surface area (Å²) < 4.78 is 47.5. The van der Waals surface area contributed by atoms with Crippen molar-refractivity contribution in [1.82, 2.24) is 14.0 Å². The van der Waals surface area contributed by atoms with Gasteiger partial charge in [-0.2, -0.15) is 13.2 Å². The van der Waals surface area contributed by atoms with Crippen LogP contribution in [0, 0.1) is 0 Å². The molecule has 1 aliphatic rings. The van der Waals surface area contributed by atoms with E-state index >= 15 is 0 Å². The Bertz CT molecular complexity index is 1420. The second-order valence-corrected chi connectivity index (χ2v) is 8.92. The number of halogens is 5. The SMILES string of the molecule is Cl.Cl.Cn1c2c(c3ccc(-n4ccc(OCc5ccccc5)cc4=O)cc31)CN(CCC(F)(F)F)CC2. The van der Waals surface area contributed by atoms with Gasteiger partial charge in [0.15, 0.2) is 0 Å². The zero-order chi connectivity index (χ0) is 24.6. The number of benzene rings is 2. The van der Waals surface area contributed by atoms with E-state index in [2.05, 4.69) is 4.57 Å². The predicted octanol–water partition coefficient (Wildman–Crippen LogP) is 6.06. The fourth-order valence-corrected chi connectivity index (χ4v) is 4.75. The second-order valence-electron chi connectivity index (χ2n) is 8.92. The van der Waals surface area contributed by atoms with E-state index < -0.39 is 12.6 Å². The number of rotatable bonds is 6. The summed E-state index contributed by atoms with van der Waals surface area (Å²) in [5, 5.41) is 1.01. The molecule has 0 radical (unpaired) electrons. The lowest BCUT2D eigenvalue weighted by Crippen LogP contribution is -2.33. The van der Waals surface area contributed by atoms with Crippen LogP contribution in [0.15, 0.2) is 71.7 Å². The van der Waals surface area contributed by atoms with Gasteiger partial charge in [0, 0.05) is 56.4 Å². The van der Waals surface area contributed by atoms with Gasteiger partial charge < -0.3 is 9.30 Å². The Kier molecular flexibility index (Phi) is 9.00. The smallest absolute Gasteiger partial charge is 0.390 e. The van der Waals surface area contributed by atoms with Crippen LogP contribution in [0.25, 0.3) is 16.6 Å². The summed E-state index contributed by atoms with van der Waals surface area (Å²) in [6, 6.07) is 18.8. The molecule has 0 fully saturated rings. The number of aryl methyl sites for hydroxylation is 1. The number of aromatic nitrogens is 2. The number of hydrogen-bond acceptors (Lipinski definition) is 3. The molecule has 5 nitrogen and oxygen atoms in total. The van der Waals surface area contributed by atoms with Gasteiger partial charge in [0.1, 0.15) is 12.4 Å². The van der Waals surface area contributed by atoms with Crippen LogP contribution in [0.3, 0.4) is 0 Å². The van der Waals surface area contributed by atoms with Crippen LogP contribution in [-0.4, -0.2) is 33.3 Å². The Morgan fingerprint density at radius 2 is 1.76 bits per heavy atom. The van der Waals surface area contributed by atoms with E-state index in [1.165, 1.54) is 6.07 Å². The van der Waals surface area contributed by atoms with Crippen molar-refractivity contribution in [3.63, 3.8) is 0 Å². The van der Waals surface area contributed by atoms with Gasteiger partial charge in [-0.1, -0.05) is 36.4 Å². The molecule has 4 aromatic rings. The lowest BCUT2D eigenvalue weighted by molar-refractivity contribution is -0.138. The lowest BCUT2D eigenvalue weighted by Gasteiger charge is -2.28. The van der Waals surface area contributed by atoms with E-state index in [1.54, 1.807) is 16.8 Å². The minimum atomic E-state index is -4.15. The van der Waals surface area contributed by atoms with E-state index in [-0.39, 0.29) is 36.9 Å². The highest BCUT2D eigenvalue weighted by molar-refractivity contribution is 5.87. The Hall–Kier alpha value is -2.94. The summed E-state index contributed by atoms with van der Waals surface area (Å²) in [6.45, 7) is 1.48. The summed E-state index contributed by atoms with van der Waals surface area (Å²) in [4.78, 5) is 14.7. The first kappa shape index (κ1) is 28.6. The molecule has 37 heavy (non-hydrogen) atoms. The number of fused-ring (bicyclic) bond motifs is 3. The highest BCUT2D eigenvalue weighted by atomic mass is 35.5. The molecule has 0 aliphatic carbocycles. The third-order valence-electron chi connectivity index (χ3n) is 6.60. The minimum absolute atomic E-state index is 0. The average Bonchev–Trinajstić information content (AvgIpc) is 3.12. The van der Waals surface area contributed by atoms with Crippen LogP contribution in [-0.2, 0) is 26.6 Å². The standard InChI is InChI=1S/C27H26F3N3O2.2ClH/c1-31-24-10-12-32(14-11-27(28,29)30)17-23(24)22-8-7-20(15-25(22)31)33-13-9-21(16-26(33)34)35-18-19-5-3-2-4-6-19;;/h2-9,13,15-16H,10-12,14,17-18H2,1H3;2*1H. The van der Waals surface area contributed by atoms with Crippen LogP contribution in [0.4, 0.5) is 13.2 Å². The molecule has 5 rings (SSSR count). The summed E-state index contributed by atoms with van der Waals surface area (Å²) in [5.74, 6) is 0.504. The molecular formula is C27H28Cl2F3N3O2. The Morgan fingerprint density at radius 3 is 2.46 bits per heavy atom. The molecular weight excluding hydrogens is 526 g/mol. The zero-order valence-corrected chi connectivity index (χ0v) is 21.8. The molecule has 0 saturated carbocycles. The molecule has 0 atom stereocenters. The van der Waals surface area contributed by atoms with Crippen LogP contribution >= 0.6 is 24.8 Å². The maximum atomic E-state index is 12.8. The van der Waals surface area contributed by atoms with Gasteiger partial charge in [0.05, 0.1) is 17.6 Å². The van der Waals surface area contributed by atoms with E-state index in [9.17, 15) is 18.0 Å². The molecule has 0 spiro atoms. The maximum Gasteiger partial charge on any atom is 0.390 e. The monoisotopic (exact) mass is 553 g/mol. The molecule has 2 aromatic carbocycles. The first-order valence-electron chi connectivity index (χ1n) is 11.6. The Labute approximate surface area is 225 Å². The van der Waals surface area contributed by atoms with Crippen LogP contribution in [0.2, 0.25) is 0 Å². The highest BCUT2D eigenvalue weighted by Crippen LogP contribution is 2.32. The van der Waals surface area contributed by atoms with Gasteiger partial charge in [-0.3, -0.25) is 14.3 Å². The van der Waals surface area contributed by atoms with Gasteiger partial charge >= 0.3 is 6.18 Å². The van der Waals surface area contributed by atoms with E-state index in [0.717, 1.165) is 33.4 Å². The fourth-order valence-electron chi connectivity index (χ4n) is 4.75. The summed E-state index contributed by atoms with van der Waals surface area (Å²) in [7, 11) is 1.97. The minimum Gasteiger partial charge on any atom is -0.489 e. The van der Waals surface area contributed by atoms with Crippen molar-refractivity contribution in [2.75, 3.05) is 13.1 Å². The second kappa shape index (κ2) is 11.6. The number of alkyl halides is 3. The van der Waals surface area contributed by atoms with Crippen LogP contribution in [0.5, 0.6) is 5.75 Å². The molecule has 0 amide bonds. The molecule has 1 aliphatic heterocycles. The van der Waals surface area contributed by atoms with Crippen molar-refractivity contribution in [2.24, 2.45) is 7.05 Å². The predicted molar refractivity (Wildman–Crippen MR) is 143 cm³/mol. The van der Waals surface area contributed by atoms with Crippen molar-refractivity contribution in [1.29, 1.82) is 0 Å². The topological polar surface area (TPSA) is 39.4 Å². The number of ether oxygens (including phenoxy) is 1. The largest absolute Gasteiger partial charge is 0.489 e. The summed E-state index contributed by atoms with van der Waals surface area (Å²) >= 11 is 0. The number of hydrogen-bond donors (Lipinski definition) is 0. The quantitative estimate of drug-likeness (QED) is 0.291. The van der Waals surface area contributed by atoms with Gasteiger partial charge in [0.25, 0.3) is 5.56 Å². The molecule has 10 heteroatoms. The maximum absolute atomic E-state index is 12.8. The van der Waals surface area contributed by atoms with Crippen LogP contribution < -0.4 is 10.3 Å². The number of nitrogens with zero attached hydrogens (tertiary/aromatic N) is 3. The third-order valence-corrected chi connectivity index (χ3v) is 6.60. The van der Waals surface area contributed by atoms with E-state index in [4.69, 9.17) is 4.74 Å². The van der Waals surface area contributed by atoms with Crippen molar-refractivity contribution < 1.29 is 17.9 Å². The molecule has 0 saturated heterocycles. The molecule has 2 aromatic heterocycles. The molecule has 0 N–H and O–H groups in total. The van der Waals surface area contributed by atoms with Gasteiger partial charge in [0.2, 0.25) is 0 Å². The lowest BCUT2D eigenvalue weighted by atomic mass is 10.0. The van der Waals surface area contributed by atoms with Gasteiger partial charge in [-0.15, -0.1) is 24.8 Å². The Morgan fingerprint density at radius 1 is 1.00 bits per heavy atom. The first-order valence-corrected chi connectivity index (χ1v) is 11.6. The van der Waals surface area contributed by atoms with Crippen molar-refractivity contribution >= 4 is 35.7 Å². The van der Waals surface area contributed by atoms with Gasteiger partial charge in [-0.05, 0) is 29.3 Å². The molecule has 3 heterocycles. The third kappa shape index (κ3) is 6.32. The Balaban J connectivity index is 0.00000190. The first-order chi connectivity index (χ1) is 16.8. The van der Waals surface area contributed by atoms with Crippen molar-refractivity contribution in [3.8, 4) is 11.4 Å². The van der Waals surface area contributed by atoms with Crippen LogP contribution in [0.1, 0.15) is 23.2 Å². The van der Waals surface area contributed by atoms with Gasteiger partial charge in [-0.25, -0.2) is 0 Å². The summed E-state index contributed by atoms with van der Waals surface area (Å²) in [6.07, 6.45) is -2.55. The summed E-state index contributed by atoms with van der Waals surface area (Å²) in [5.41, 5.74) is 4.71. The number of pyridine rings is 1.